The van der Waals surface area contributed by atoms with Crippen molar-refractivity contribution in [2.75, 3.05) is 0 Å². The van der Waals surface area contributed by atoms with Gasteiger partial charge in [-0.05, 0) is 12.5 Å². The molecule has 2 aromatic carbocycles. The van der Waals surface area contributed by atoms with Gasteiger partial charge in [0.2, 0.25) is 5.78 Å². The largest absolute Gasteiger partial charge is 0.467 e. The van der Waals surface area contributed by atoms with Crippen molar-refractivity contribution >= 4 is 11.7 Å². The Kier molecular flexibility index (Phi) is 3.34. The lowest BCUT2D eigenvalue weighted by molar-refractivity contribution is 0.0693. The van der Waals surface area contributed by atoms with E-state index in [0.717, 1.165) is 5.56 Å². The zero-order valence-electron chi connectivity index (χ0n) is 12.1. The first kappa shape index (κ1) is 13.6. The standard InChI is InChI=1S/C18H17NO2/c1-13-19-18(2,15-11-7-4-8-12-15)17(21-13)16(20)14-9-5-3-6-10-14/h3-12,17H,1-2H3. The second-order valence-corrected chi connectivity index (χ2v) is 5.37. The van der Waals surface area contributed by atoms with Crippen LogP contribution in [-0.2, 0) is 10.3 Å². The van der Waals surface area contributed by atoms with Crippen LogP contribution in [0, 0.1) is 0 Å². The van der Waals surface area contributed by atoms with Gasteiger partial charge in [0.25, 0.3) is 0 Å². The molecule has 2 unspecified atom stereocenters. The number of hydrogen-bond acceptors (Lipinski definition) is 3. The number of carbonyl (C=O) groups excluding carboxylic acids is 1. The van der Waals surface area contributed by atoms with E-state index in [0.29, 0.717) is 11.5 Å². The molecule has 0 saturated heterocycles. The van der Waals surface area contributed by atoms with E-state index in [1.807, 2.05) is 67.6 Å². The molecular weight excluding hydrogens is 262 g/mol. The van der Waals surface area contributed by atoms with Gasteiger partial charge in [-0.1, -0.05) is 60.7 Å². The number of Topliss-reactive ketones (excluding diaryl/α,β-unsaturated/α-hetero) is 1. The molecular formula is C18H17NO2. The predicted octanol–water partition coefficient (Wildman–Crippen LogP) is 3.60. The van der Waals surface area contributed by atoms with Crippen molar-refractivity contribution in [3.63, 3.8) is 0 Å². The number of benzene rings is 2. The maximum Gasteiger partial charge on any atom is 0.206 e. The van der Waals surface area contributed by atoms with Gasteiger partial charge in [-0.2, -0.15) is 0 Å². The van der Waals surface area contributed by atoms with Crippen molar-refractivity contribution in [1.82, 2.24) is 0 Å². The van der Waals surface area contributed by atoms with Crippen LogP contribution in [0.25, 0.3) is 0 Å². The molecule has 1 heterocycles. The van der Waals surface area contributed by atoms with Crippen LogP contribution in [0.4, 0.5) is 0 Å². The summed E-state index contributed by atoms with van der Waals surface area (Å²) in [6.45, 7) is 3.74. The highest BCUT2D eigenvalue weighted by atomic mass is 16.5. The number of hydrogen-bond donors (Lipinski definition) is 0. The van der Waals surface area contributed by atoms with E-state index in [1.54, 1.807) is 6.92 Å². The highest BCUT2D eigenvalue weighted by Crippen LogP contribution is 2.37. The summed E-state index contributed by atoms with van der Waals surface area (Å²) in [4.78, 5) is 17.4. The normalized spacial score (nSPS) is 24.3. The van der Waals surface area contributed by atoms with Gasteiger partial charge in [-0.3, -0.25) is 4.79 Å². The first-order valence-electron chi connectivity index (χ1n) is 6.99. The van der Waals surface area contributed by atoms with Gasteiger partial charge >= 0.3 is 0 Å². The quantitative estimate of drug-likeness (QED) is 0.805. The zero-order valence-corrected chi connectivity index (χ0v) is 12.1. The fourth-order valence-electron chi connectivity index (χ4n) is 2.75. The molecule has 3 nitrogen and oxygen atoms in total. The number of ketones is 1. The Bertz CT molecular complexity index is 679. The topological polar surface area (TPSA) is 38.7 Å². The Morgan fingerprint density at radius 1 is 1.05 bits per heavy atom. The third-order valence-electron chi connectivity index (χ3n) is 3.84. The molecule has 0 fully saturated rings. The number of aliphatic imine (C=N–C) groups is 1. The lowest BCUT2D eigenvalue weighted by Gasteiger charge is -2.27. The fraction of sp³-hybridized carbons (Fsp3) is 0.222. The van der Waals surface area contributed by atoms with Crippen LogP contribution in [-0.4, -0.2) is 17.8 Å². The van der Waals surface area contributed by atoms with Crippen LogP contribution in [0.5, 0.6) is 0 Å². The van der Waals surface area contributed by atoms with E-state index < -0.39 is 11.6 Å². The fourth-order valence-corrected chi connectivity index (χ4v) is 2.75. The second kappa shape index (κ2) is 5.17. The van der Waals surface area contributed by atoms with E-state index in [-0.39, 0.29) is 5.78 Å². The van der Waals surface area contributed by atoms with Crippen LogP contribution in [0.2, 0.25) is 0 Å². The molecule has 3 heteroatoms. The van der Waals surface area contributed by atoms with Gasteiger partial charge in [-0.15, -0.1) is 0 Å². The van der Waals surface area contributed by atoms with Gasteiger partial charge < -0.3 is 4.74 Å². The molecule has 106 valence electrons. The average molecular weight is 279 g/mol. The maximum atomic E-state index is 12.8. The Hall–Kier alpha value is -2.42. The van der Waals surface area contributed by atoms with Gasteiger partial charge in [-0.25, -0.2) is 4.99 Å². The molecule has 0 aromatic heterocycles. The van der Waals surface area contributed by atoms with Crippen molar-refractivity contribution in [1.29, 1.82) is 0 Å². The molecule has 0 spiro atoms. The first-order chi connectivity index (χ1) is 10.1. The van der Waals surface area contributed by atoms with Gasteiger partial charge in [0, 0.05) is 12.5 Å². The molecule has 1 aliphatic rings. The lowest BCUT2D eigenvalue weighted by Crippen LogP contribution is -2.39. The third kappa shape index (κ3) is 2.35. The Labute approximate surface area is 124 Å². The summed E-state index contributed by atoms with van der Waals surface area (Å²) in [7, 11) is 0. The molecule has 2 aromatic rings. The van der Waals surface area contributed by atoms with Crippen LogP contribution < -0.4 is 0 Å². The zero-order chi connectivity index (χ0) is 14.9. The Morgan fingerprint density at radius 2 is 1.62 bits per heavy atom. The van der Waals surface area contributed by atoms with Gasteiger partial charge in [0.15, 0.2) is 12.0 Å². The second-order valence-electron chi connectivity index (χ2n) is 5.37. The van der Waals surface area contributed by atoms with Crippen LogP contribution in [0.15, 0.2) is 65.7 Å². The summed E-state index contributed by atoms with van der Waals surface area (Å²) in [5.74, 6) is 0.512. The maximum absolute atomic E-state index is 12.8. The van der Waals surface area contributed by atoms with E-state index >= 15 is 0 Å². The molecule has 0 aliphatic carbocycles. The van der Waals surface area contributed by atoms with Crippen molar-refractivity contribution in [3.05, 3.63) is 71.8 Å². The predicted molar refractivity (Wildman–Crippen MR) is 82.5 cm³/mol. The minimum Gasteiger partial charge on any atom is -0.467 e. The molecule has 0 saturated carbocycles. The summed E-state index contributed by atoms with van der Waals surface area (Å²) in [6, 6.07) is 19.0. The molecule has 0 bridgehead atoms. The van der Waals surface area contributed by atoms with Crippen molar-refractivity contribution in [2.45, 2.75) is 25.5 Å². The van der Waals surface area contributed by atoms with Crippen molar-refractivity contribution in [3.8, 4) is 0 Å². The summed E-state index contributed by atoms with van der Waals surface area (Å²) >= 11 is 0. The summed E-state index contributed by atoms with van der Waals surface area (Å²) in [5, 5.41) is 0. The van der Waals surface area contributed by atoms with E-state index in [9.17, 15) is 4.79 Å². The highest BCUT2D eigenvalue weighted by Gasteiger charge is 2.47. The average Bonchev–Trinajstić information content (AvgIpc) is 2.84. The third-order valence-corrected chi connectivity index (χ3v) is 3.84. The minimum absolute atomic E-state index is 0.0393. The smallest absolute Gasteiger partial charge is 0.206 e. The van der Waals surface area contributed by atoms with Gasteiger partial charge in [0.1, 0.15) is 5.54 Å². The first-order valence-corrected chi connectivity index (χ1v) is 6.99. The Balaban J connectivity index is 2.01. The number of carbonyl (C=O) groups is 1. The highest BCUT2D eigenvalue weighted by molar-refractivity contribution is 6.02. The SMILES string of the molecule is CC1=NC(C)(c2ccccc2)C(C(=O)c2ccccc2)O1. The summed E-state index contributed by atoms with van der Waals surface area (Å²) in [6.07, 6.45) is -0.623. The molecule has 0 radical (unpaired) electrons. The lowest BCUT2D eigenvalue weighted by atomic mass is 9.83. The monoisotopic (exact) mass is 279 g/mol. The van der Waals surface area contributed by atoms with Crippen LogP contribution in [0.1, 0.15) is 29.8 Å². The van der Waals surface area contributed by atoms with Crippen molar-refractivity contribution < 1.29 is 9.53 Å². The molecule has 1 aliphatic heterocycles. The van der Waals surface area contributed by atoms with Crippen LogP contribution >= 0.6 is 0 Å². The number of rotatable bonds is 3. The molecule has 0 N–H and O–H groups in total. The van der Waals surface area contributed by atoms with E-state index in [4.69, 9.17) is 4.74 Å². The summed E-state index contributed by atoms with van der Waals surface area (Å²) < 4.78 is 5.75. The van der Waals surface area contributed by atoms with Crippen LogP contribution in [0.3, 0.4) is 0 Å². The number of ether oxygens (including phenoxy) is 1. The molecule has 0 amide bonds. The minimum atomic E-state index is -0.682. The van der Waals surface area contributed by atoms with Gasteiger partial charge in [0.05, 0.1) is 0 Å². The molecule has 21 heavy (non-hydrogen) atoms. The summed E-state index contributed by atoms with van der Waals surface area (Å²) in [5.41, 5.74) is 0.948. The van der Waals surface area contributed by atoms with E-state index in [1.165, 1.54) is 0 Å². The Morgan fingerprint density at radius 3 is 2.24 bits per heavy atom. The molecule has 3 rings (SSSR count). The number of nitrogens with zero attached hydrogens (tertiary/aromatic N) is 1. The van der Waals surface area contributed by atoms with E-state index in [2.05, 4.69) is 4.99 Å². The van der Waals surface area contributed by atoms with Crippen molar-refractivity contribution in [2.24, 2.45) is 4.99 Å². The molecule has 2 atom stereocenters.